The first-order valence-electron chi connectivity index (χ1n) is 9.55. The number of methoxy groups -OCH3 is 1. The topological polar surface area (TPSA) is 77.5 Å². The number of carbonyl (C=O) groups is 2. The van der Waals surface area contributed by atoms with E-state index in [0.717, 1.165) is 40.8 Å². The van der Waals surface area contributed by atoms with Gasteiger partial charge in [-0.25, -0.2) is 9.59 Å². The van der Waals surface area contributed by atoms with Crippen molar-refractivity contribution in [3.63, 3.8) is 0 Å². The van der Waals surface area contributed by atoms with Crippen molar-refractivity contribution in [2.24, 2.45) is 0 Å². The van der Waals surface area contributed by atoms with E-state index in [1.807, 2.05) is 32.0 Å². The highest BCUT2D eigenvalue weighted by atomic mass is 16.5. The molecule has 1 aromatic heterocycles. The van der Waals surface area contributed by atoms with Crippen molar-refractivity contribution in [1.82, 2.24) is 4.98 Å². The molecule has 0 atom stereocenters. The van der Waals surface area contributed by atoms with Gasteiger partial charge in [0.25, 0.3) is 0 Å². The molecule has 0 saturated heterocycles. The minimum atomic E-state index is -0.399. The average Bonchev–Trinajstić information content (AvgIpc) is 2.73. The second-order valence-corrected chi connectivity index (χ2v) is 6.73. The van der Waals surface area contributed by atoms with Gasteiger partial charge in [-0.3, -0.25) is 4.98 Å². The Morgan fingerprint density at radius 1 is 1.00 bits per heavy atom. The van der Waals surface area contributed by atoms with Crippen LogP contribution >= 0.6 is 0 Å². The first-order chi connectivity index (χ1) is 14.0. The molecule has 0 fully saturated rings. The van der Waals surface area contributed by atoms with E-state index in [9.17, 15) is 9.59 Å². The Kier molecular flexibility index (Phi) is 6.44. The Morgan fingerprint density at radius 2 is 1.72 bits per heavy atom. The van der Waals surface area contributed by atoms with Gasteiger partial charge in [0.2, 0.25) is 0 Å². The van der Waals surface area contributed by atoms with Gasteiger partial charge in [-0.2, -0.15) is 0 Å². The minimum absolute atomic E-state index is 0.321. The van der Waals surface area contributed by atoms with E-state index in [2.05, 4.69) is 10.3 Å². The van der Waals surface area contributed by atoms with Crippen molar-refractivity contribution in [2.45, 2.75) is 26.7 Å². The predicted molar refractivity (Wildman–Crippen MR) is 113 cm³/mol. The van der Waals surface area contributed by atoms with E-state index < -0.39 is 5.97 Å². The monoisotopic (exact) mass is 392 g/mol. The van der Waals surface area contributed by atoms with E-state index in [-0.39, 0.29) is 5.97 Å². The number of hydrogen-bond acceptors (Lipinski definition) is 6. The molecule has 0 saturated carbocycles. The number of anilines is 2. The lowest BCUT2D eigenvalue weighted by atomic mass is 10.1. The molecule has 0 radical (unpaired) electrons. The van der Waals surface area contributed by atoms with Crippen LogP contribution in [-0.2, 0) is 9.47 Å². The molecule has 6 heteroatoms. The molecule has 150 valence electrons. The minimum Gasteiger partial charge on any atom is -0.465 e. The van der Waals surface area contributed by atoms with E-state index in [1.165, 1.54) is 7.11 Å². The van der Waals surface area contributed by atoms with E-state index in [0.29, 0.717) is 17.7 Å². The Balaban J connectivity index is 1.85. The molecule has 0 aliphatic rings. The lowest BCUT2D eigenvalue weighted by Crippen LogP contribution is -2.06. The SMILES string of the molecule is CCCCOC(=O)c1ccc(Nc2cc(C)nc3ccc(C(=O)OC)cc23)cc1. The fourth-order valence-corrected chi connectivity index (χ4v) is 2.94. The highest BCUT2D eigenvalue weighted by molar-refractivity contribution is 6.00. The van der Waals surface area contributed by atoms with Crippen LogP contribution in [0.25, 0.3) is 10.9 Å². The molecule has 3 rings (SSSR count). The molecule has 0 aliphatic heterocycles. The number of unbranched alkanes of at least 4 members (excludes halogenated alkanes) is 1. The van der Waals surface area contributed by atoms with Crippen LogP contribution in [0.2, 0.25) is 0 Å². The third-order valence-corrected chi connectivity index (χ3v) is 4.49. The van der Waals surface area contributed by atoms with Crippen molar-refractivity contribution in [1.29, 1.82) is 0 Å². The van der Waals surface area contributed by atoms with Crippen LogP contribution in [0.4, 0.5) is 11.4 Å². The van der Waals surface area contributed by atoms with Crippen molar-refractivity contribution in [2.75, 3.05) is 19.0 Å². The lowest BCUT2D eigenvalue weighted by Gasteiger charge is -2.12. The molecule has 6 nitrogen and oxygen atoms in total. The number of aromatic nitrogens is 1. The highest BCUT2D eigenvalue weighted by Crippen LogP contribution is 2.28. The molecule has 3 aromatic rings. The van der Waals surface area contributed by atoms with Gasteiger partial charge in [-0.15, -0.1) is 0 Å². The summed E-state index contributed by atoms with van der Waals surface area (Å²) in [4.78, 5) is 28.4. The molecule has 1 N–H and O–H groups in total. The highest BCUT2D eigenvalue weighted by Gasteiger charge is 2.11. The van der Waals surface area contributed by atoms with Crippen LogP contribution in [0.5, 0.6) is 0 Å². The maximum atomic E-state index is 12.0. The van der Waals surface area contributed by atoms with E-state index in [1.54, 1.807) is 30.3 Å². The molecular weight excluding hydrogens is 368 g/mol. The van der Waals surface area contributed by atoms with Crippen molar-refractivity contribution in [3.8, 4) is 0 Å². The zero-order chi connectivity index (χ0) is 20.8. The number of pyridine rings is 1. The summed E-state index contributed by atoms with van der Waals surface area (Å²) in [6.45, 7) is 4.39. The molecule has 2 aromatic carbocycles. The molecule has 0 amide bonds. The van der Waals surface area contributed by atoms with Gasteiger partial charge in [0, 0.05) is 22.5 Å². The standard InChI is InChI=1S/C23H24N2O4/c1-4-5-12-29-23(27)16-6-9-18(10-7-16)25-21-13-15(2)24-20-11-8-17(14-19(20)21)22(26)28-3/h6-11,13-14H,4-5,12H2,1-3H3,(H,24,25). The molecule has 0 bridgehead atoms. The fraction of sp³-hybridized carbons (Fsp3) is 0.261. The number of fused-ring (bicyclic) bond motifs is 1. The predicted octanol–water partition coefficient (Wildman–Crippen LogP) is 5.03. The van der Waals surface area contributed by atoms with E-state index >= 15 is 0 Å². The normalized spacial score (nSPS) is 10.6. The lowest BCUT2D eigenvalue weighted by molar-refractivity contribution is 0.0499. The summed E-state index contributed by atoms with van der Waals surface area (Å²) in [7, 11) is 1.36. The average molecular weight is 392 g/mol. The fourth-order valence-electron chi connectivity index (χ4n) is 2.94. The smallest absolute Gasteiger partial charge is 0.338 e. The van der Waals surface area contributed by atoms with Gasteiger partial charge < -0.3 is 14.8 Å². The van der Waals surface area contributed by atoms with Gasteiger partial charge in [0.15, 0.2) is 0 Å². The summed E-state index contributed by atoms with van der Waals surface area (Å²) in [6, 6.07) is 14.3. The maximum Gasteiger partial charge on any atom is 0.338 e. The Bertz CT molecular complexity index is 1030. The number of esters is 2. The van der Waals surface area contributed by atoms with Gasteiger partial charge in [0.05, 0.1) is 30.4 Å². The first-order valence-corrected chi connectivity index (χ1v) is 9.55. The van der Waals surface area contributed by atoms with Crippen molar-refractivity contribution >= 4 is 34.2 Å². The summed E-state index contributed by atoms with van der Waals surface area (Å²) < 4.78 is 10.0. The van der Waals surface area contributed by atoms with Gasteiger partial charge in [-0.1, -0.05) is 13.3 Å². The van der Waals surface area contributed by atoms with Crippen molar-refractivity contribution in [3.05, 3.63) is 65.4 Å². The summed E-state index contributed by atoms with van der Waals surface area (Å²) >= 11 is 0. The number of nitrogens with one attached hydrogen (secondary N) is 1. The van der Waals surface area contributed by atoms with E-state index in [4.69, 9.17) is 9.47 Å². The molecule has 1 heterocycles. The second-order valence-electron chi connectivity index (χ2n) is 6.73. The molecule has 0 spiro atoms. The van der Waals surface area contributed by atoms with Crippen LogP contribution in [0.15, 0.2) is 48.5 Å². The summed E-state index contributed by atoms with van der Waals surface area (Å²) in [5, 5.41) is 4.15. The van der Waals surface area contributed by atoms with Crippen LogP contribution < -0.4 is 5.32 Å². The largest absolute Gasteiger partial charge is 0.465 e. The third-order valence-electron chi connectivity index (χ3n) is 4.49. The Morgan fingerprint density at radius 3 is 2.41 bits per heavy atom. The second kappa shape index (κ2) is 9.19. The third kappa shape index (κ3) is 4.90. The Hall–Kier alpha value is -3.41. The number of rotatable bonds is 7. The Labute approximate surface area is 169 Å². The van der Waals surface area contributed by atoms with Crippen LogP contribution in [0, 0.1) is 6.92 Å². The molecular formula is C23H24N2O4. The maximum absolute atomic E-state index is 12.0. The number of ether oxygens (including phenoxy) is 2. The molecule has 29 heavy (non-hydrogen) atoms. The van der Waals surface area contributed by atoms with Crippen LogP contribution in [-0.4, -0.2) is 30.6 Å². The van der Waals surface area contributed by atoms with Gasteiger partial charge >= 0.3 is 11.9 Å². The number of aryl methyl sites for hydroxylation is 1. The number of hydrogen-bond donors (Lipinski definition) is 1. The first kappa shape index (κ1) is 20.3. The van der Waals surface area contributed by atoms with Crippen LogP contribution in [0.1, 0.15) is 46.2 Å². The number of carbonyl (C=O) groups excluding carboxylic acids is 2. The van der Waals surface area contributed by atoms with Crippen LogP contribution in [0.3, 0.4) is 0 Å². The summed E-state index contributed by atoms with van der Waals surface area (Å²) in [5.74, 6) is -0.720. The summed E-state index contributed by atoms with van der Waals surface area (Å²) in [6.07, 6.45) is 1.83. The quantitative estimate of drug-likeness (QED) is 0.449. The molecule has 0 unspecified atom stereocenters. The van der Waals surface area contributed by atoms with Gasteiger partial charge in [-0.05, 0) is 61.9 Å². The summed E-state index contributed by atoms with van der Waals surface area (Å²) in [5.41, 5.74) is 4.22. The zero-order valence-corrected chi connectivity index (χ0v) is 16.8. The number of benzene rings is 2. The molecule has 0 aliphatic carbocycles. The van der Waals surface area contributed by atoms with Crippen molar-refractivity contribution < 1.29 is 19.1 Å². The van der Waals surface area contributed by atoms with Gasteiger partial charge in [0.1, 0.15) is 0 Å². The number of nitrogens with zero attached hydrogens (tertiary/aromatic N) is 1. The zero-order valence-electron chi connectivity index (χ0n) is 16.8.